The van der Waals surface area contributed by atoms with Crippen molar-refractivity contribution in [3.8, 4) is 0 Å². The maximum atomic E-state index is 10.6. The summed E-state index contributed by atoms with van der Waals surface area (Å²) >= 11 is 3.83. The molecular formula is C15H35N2O3PS. The number of hydrogen-bond donors (Lipinski definition) is 0. The molecule has 0 rings (SSSR count). The smallest absolute Gasteiger partial charge is 0.197 e. The van der Waals surface area contributed by atoms with Gasteiger partial charge in [0.25, 0.3) is 0 Å². The Kier molecular flexibility index (Phi) is 42.7. The average Bonchev–Trinajstić information content (AvgIpc) is 2.50. The molecular weight excluding hydrogens is 319 g/mol. The Bertz CT molecular complexity index is 310. The number of thiocarbonyl (C=S) groups is 1. The largest absolute Gasteiger partial charge is 0.329 e. The van der Waals surface area contributed by atoms with E-state index in [2.05, 4.69) is 35.0 Å². The summed E-state index contributed by atoms with van der Waals surface area (Å²) in [6.07, 6.45) is 1.08. The molecule has 22 heavy (non-hydrogen) atoms. The first kappa shape index (κ1) is 33.0. The van der Waals surface area contributed by atoms with Gasteiger partial charge in [0.1, 0.15) is 6.79 Å². The third kappa shape index (κ3) is 74.8. The van der Waals surface area contributed by atoms with Crippen molar-refractivity contribution >= 4 is 43.7 Å². The summed E-state index contributed by atoms with van der Waals surface area (Å²) in [5.41, 5.74) is 2.35. The Morgan fingerprint density at radius 1 is 1.05 bits per heavy atom. The SMILES string of the molecule is C=O.C=S.CCC(C)=NC.CCOP(C)(C)=O.CN=C(C)C. The summed E-state index contributed by atoms with van der Waals surface area (Å²) in [5, 5.41) is 0. The second-order valence-electron chi connectivity index (χ2n) is 4.15. The van der Waals surface area contributed by atoms with E-state index in [-0.39, 0.29) is 0 Å². The van der Waals surface area contributed by atoms with Crippen molar-refractivity contribution in [3.63, 3.8) is 0 Å². The van der Waals surface area contributed by atoms with Gasteiger partial charge in [-0.2, -0.15) is 0 Å². The summed E-state index contributed by atoms with van der Waals surface area (Å²) in [7, 11) is 1.44. The molecule has 0 spiro atoms. The molecule has 0 atom stereocenters. The Morgan fingerprint density at radius 2 is 1.36 bits per heavy atom. The van der Waals surface area contributed by atoms with Crippen LogP contribution in [0.3, 0.4) is 0 Å². The van der Waals surface area contributed by atoms with Crippen LogP contribution in [-0.4, -0.2) is 58.1 Å². The molecule has 0 saturated carbocycles. The first-order valence-corrected chi connectivity index (χ1v) is 9.83. The Balaban J connectivity index is -0.0000000594. The van der Waals surface area contributed by atoms with Crippen LogP contribution in [0.25, 0.3) is 0 Å². The molecule has 134 valence electrons. The van der Waals surface area contributed by atoms with E-state index in [1.54, 1.807) is 20.4 Å². The first-order chi connectivity index (χ1) is 10.1. The highest BCUT2D eigenvalue weighted by molar-refractivity contribution is 7.77. The molecule has 5 nitrogen and oxygen atoms in total. The molecule has 0 aromatic heterocycles. The van der Waals surface area contributed by atoms with E-state index in [0.29, 0.717) is 6.61 Å². The molecule has 0 bridgehead atoms. The normalized spacial score (nSPS) is 9.05. The van der Waals surface area contributed by atoms with Crippen LogP contribution in [0, 0.1) is 0 Å². The second kappa shape index (κ2) is 28.5. The van der Waals surface area contributed by atoms with Crippen molar-refractivity contribution in [2.45, 2.75) is 41.0 Å². The molecule has 0 aliphatic heterocycles. The second-order valence-corrected chi connectivity index (χ2v) is 6.92. The third-order valence-electron chi connectivity index (χ3n) is 1.78. The number of hydrogen-bond acceptors (Lipinski definition) is 6. The van der Waals surface area contributed by atoms with Crippen LogP contribution in [0.1, 0.15) is 41.0 Å². The monoisotopic (exact) mass is 354 g/mol. The van der Waals surface area contributed by atoms with Crippen molar-refractivity contribution in [2.75, 3.05) is 34.0 Å². The summed E-state index contributed by atoms with van der Waals surface area (Å²) < 4.78 is 15.4. The van der Waals surface area contributed by atoms with Crippen LogP contribution in [0.2, 0.25) is 0 Å². The maximum absolute atomic E-state index is 10.6. The molecule has 0 N–H and O–H groups in total. The van der Waals surface area contributed by atoms with Gasteiger partial charge in [0, 0.05) is 38.8 Å². The maximum Gasteiger partial charge on any atom is 0.197 e. The zero-order chi connectivity index (χ0) is 19.2. The van der Waals surface area contributed by atoms with Gasteiger partial charge in [-0.15, -0.1) is 0 Å². The lowest BCUT2D eigenvalue weighted by Crippen LogP contribution is -1.83. The highest BCUT2D eigenvalue weighted by Gasteiger charge is 2.02. The average molecular weight is 354 g/mol. The molecule has 7 heteroatoms. The number of carbonyl (C=O) groups excluding carboxylic acids is 1. The van der Waals surface area contributed by atoms with Gasteiger partial charge in [0.15, 0.2) is 7.37 Å². The van der Waals surface area contributed by atoms with E-state index in [1.807, 2.05) is 41.5 Å². The summed E-state index contributed by atoms with van der Waals surface area (Å²) in [4.78, 5) is 15.7. The number of carbonyl (C=O) groups is 1. The van der Waals surface area contributed by atoms with Crippen LogP contribution in [0.4, 0.5) is 0 Å². The van der Waals surface area contributed by atoms with Crippen LogP contribution in [0.5, 0.6) is 0 Å². The molecule has 0 aromatic carbocycles. The summed E-state index contributed by atoms with van der Waals surface area (Å²) in [5.74, 6) is 2.83. The van der Waals surface area contributed by atoms with Crippen LogP contribution in [0.15, 0.2) is 9.98 Å². The third-order valence-corrected chi connectivity index (χ3v) is 2.66. The van der Waals surface area contributed by atoms with Gasteiger partial charge in [-0.25, -0.2) is 0 Å². The highest BCUT2D eigenvalue weighted by Crippen LogP contribution is 2.36. The molecule has 0 saturated heterocycles. The molecule has 0 aromatic rings. The van der Waals surface area contributed by atoms with Crippen LogP contribution < -0.4 is 0 Å². The molecule has 0 unspecified atom stereocenters. The number of nitrogens with zero attached hydrogens (tertiary/aromatic N) is 2. The lowest BCUT2D eigenvalue weighted by Gasteiger charge is -2.02. The zero-order valence-corrected chi connectivity index (χ0v) is 17.5. The molecule has 0 aliphatic rings. The zero-order valence-electron chi connectivity index (χ0n) is 15.8. The molecule has 0 fully saturated rings. The highest BCUT2D eigenvalue weighted by atomic mass is 32.1. The van der Waals surface area contributed by atoms with Crippen molar-refractivity contribution in [1.82, 2.24) is 0 Å². The molecule has 0 aliphatic carbocycles. The number of aliphatic imine (C=N–C) groups is 2. The van der Waals surface area contributed by atoms with Gasteiger partial charge >= 0.3 is 0 Å². The lowest BCUT2D eigenvalue weighted by molar-refractivity contribution is -0.0979. The topological polar surface area (TPSA) is 68.1 Å². The Morgan fingerprint density at radius 3 is 1.36 bits per heavy atom. The minimum Gasteiger partial charge on any atom is -0.329 e. The van der Waals surface area contributed by atoms with E-state index in [9.17, 15) is 4.57 Å². The van der Waals surface area contributed by atoms with E-state index in [4.69, 9.17) is 9.32 Å². The van der Waals surface area contributed by atoms with Gasteiger partial charge in [0.05, 0.1) is 6.61 Å². The standard InChI is InChI=1S/C5H11N.C4H9N.C4H11O2P.CH2O.CH2S/c1-4-5(2)6-3;1-4(2)5-3;1-4-6-7(2,3)5;2*1-2/h4H2,1-3H3;1-3H3;4H2,1-3H3;2*1H2. The summed E-state index contributed by atoms with van der Waals surface area (Å²) in [6.45, 7) is 15.7. The lowest BCUT2D eigenvalue weighted by atomic mass is 10.3. The Labute approximate surface area is 143 Å². The number of rotatable bonds is 3. The Hall–Kier alpha value is -0.710. The van der Waals surface area contributed by atoms with Gasteiger partial charge in [-0.05, 0) is 40.0 Å². The van der Waals surface area contributed by atoms with E-state index in [0.717, 1.165) is 12.1 Å². The van der Waals surface area contributed by atoms with Crippen molar-refractivity contribution in [1.29, 1.82) is 0 Å². The minimum atomic E-state index is -2.17. The van der Waals surface area contributed by atoms with Gasteiger partial charge < -0.3 is 9.32 Å². The fourth-order valence-electron chi connectivity index (χ4n) is 0.469. The first-order valence-electron chi connectivity index (χ1n) is 6.74. The van der Waals surface area contributed by atoms with Crippen LogP contribution in [-0.2, 0) is 13.9 Å². The van der Waals surface area contributed by atoms with Gasteiger partial charge in [-0.3, -0.25) is 14.5 Å². The summed E-state index contributed by atoms with van der Waals surface area (Å²) in [6, 6.07) is 0. The predicted molar refractivity (Wildman–Crippen MR) is 107 cm³/mol. The van der Waals surface area contributed by atoms with Crippen molar-refractivity contribution in [2.24, 2.45) is 9.98 Å². The van der Waals surface area contributed by atoms with E-state index >= 15 is 0 Å². The van der Waals surface area contributed by atoms with Crippen molar-refractivity contribution < 1.29 is 13.9 Å². The van der Waals surface area contributed by atoms with Crippen LogP contribution >= 0.6 is 19.6 Å². The molecule has 0 amide bonds. The van der Waals surface area contributed by atoms with E-state index in [1.165, 1.54) is 5.71 Å². The minimum absolute atomic E-state index is 0.546. The quantitative estimate of drug-likeness (QED) is 0.423. The van der Waals surface area contributed by atoms with Crippen molar-refractivity contribution in [3.05, 3.63) is 0 Å². The molecule has 0 heterocycles. The fraction of sp³-hybridized carbons (Fsp3) is 0.733. The fourth-order valence-corrected chi connectivity index (χ4v) is 1.09. The van der Waals surface area contributed by atoms with Gasteiger partial charge in [-0.1, -0.05) is 19.1 Å². The molecule has 0 radical (unpaired) electrons. The van der Waals surface area contributed by atoms with E-state index < -0.39 is 7.37 Å². The predicted octanol–water partition coefficient (Wildman–Crippen LogP) is 4.58. The van der Waals surface area contributed by atoms with Gasteiger partial charge in [0.2, 0.25) is 0 Å².